The number of rotatable bonds is 4. The summed E-state index contributed by atoms with van der Waals surface area (Å²) < 4.78 is 0. The molecule has 0 aliphatic carbocycles. The van der Waals surface area contributed by atoms with E-state index in [4.69, 9.17) is 11.6 Å². The molecule has 0 bridgehead atoms. The summed E-state index contributed by atoms with van der Waals surface area (Å²) in [6.45, 7) is 1.34. The summed E-state index contributed by atoms with van der Waals surface area (Å²) in [5.74, 6) is 0.619. The molecule has 0 spiro atoms. The van der Waals surface area contributed by atoms with Crippen molar-refractivity contribution in [3.05, 3.63) is 76.0 Å². The number of carbonyl (C=O) groups is 2. The highest BCUT2D eigenvalue weighted by Gasteiger charge is 2.17. The molecular formula is C23H22ClN3O2. The third-order valence-corrected chi connectivity index (χ3v) is 5.50. The van der Waals surface area contributed by atoms with Crippen LogP contribution in [0, 0.1) is 0 Å². The Hall–Kier alpha value is -2.92. The van der Waals surface area contributed by atoms with Crippen LogP contribution in [0.4, 0.5) is 5.82 Å². The van der Waals surface area contributed by atoms with Crippen LogP contribution in [-0.2, 0) is 22.4 Å². The van der Waals surface area contributed by atoms with Gasteiger partial charge in [0.1, 0.15) is 5.82 Å². The average Bonchev–Trinajstić information content (AvgIpc) is 2.74. The van der Waals surface area contributed by atoms with Gasteiger partial charge in [0.25, 0.3) is 0 Å². The number of hydrogen-bond donors (Lipinski definition) is 1. The minimum Gasteiger partial charge on any atom is -0.335 e. The Bertz CT molecular complexity index is 996. The number of carbonyl (C=O) groups excluding carboxylic acids is 2. The van der Waals surface area contributed by atoms with E-state index in [1.54, 1.807) is 18.3 Å². The fourth-order valence-corrected chi connectivity index (χ4v) is 3.70. The molecule has 0 saturated heterocycles. The maximum atomic E-state index is 12.5. The summed E-state index contributed by atoms with van der Waals surface area (Å²) in [5, 5.41) is 3.51. The fourth-order valence-electron chi connectivity index (χ4n) is 3.58. The Balaban J connectivity index is 1.34. The first-order chi connectivity index (χ1) is 14.1. The number of nitrogens with one attached hydrogen (secondary N) is 1. The average molecular weight is 408 g/mol. The summed E-state index contributed by atoms with van der Waals surface area (Å²) in [5.41, 5.74) is 4.45. The third-order valence-electron chi connectivity index (χ3n) is 5.24. The molecule has 1 aromatic carbocycles. The van der Waals surface area contributed by atoms with E-state index in [0.29, 0.717) is 25.2 Å². The first-order valence-electron chi connectivity index (χ1n) is 9.75. The van der Waals surface area contributed by atoms with Crippen molar-refractivity contribution in [2.75, 3.05) is 18.4 Å². The lowest BCUT2D eigenvalue weighted by molar-refractivity contribution is -0.125. The molecule has 1 aromatic heterocycles. The Kier molecular flexibility index (Phi) is 5.76. The molecule has 2 amide bonds. The molecular weight excluding hydrogens is 386 g/mol. The van der Waals surface area contributed by atoms with Crippen LogP contribution in [0.2, 0.25) is 5.02 Å². The summed E-state index contributed by atoms with van der Waals surface area (Å²) in [6.07, 6.45) is 10.1. The van der Waals surface area contributed by atoms with Gasteiger partial charge in [-0.05, 0) is 60.2 Å². The maximum absolute atomic E-state index is 12.5. The summed E-state index contributed by atoms with van der Waals surface area (Å²) in [6, 6.07) is 9.88. The van der Waals surface area contributed by atoms with Gasteiger partial charge in [0.15, 0.2) is 0 Å². The van der Waals surface area contributed by atoms with Gasteiger partial charge in [-0.15, -0.1) is 0 Å². The van der Waals surface area contributed by atoms with Gasteiger partial charge in [0.2, 0.25) is 11.8 Å². The number of halogens is 1. The van der Waals surface area contributed by atoms with Gasteiger partial charge in [-0.3, -0.25) is 9.59 Å². The number of aryl methyl sites for hydroxylation is 1. The highest BCUT2D eigenvalue weighted by atomic mass is 35.5. The smallest absolute Gasteiger partial charge is 0.246 e. The van der Waals surface area contributed by atoms with E-state index in [1.807, 2.05) is 35.2 Å². The Morgan fingerprint density at radius 3 is 2.79 bits per heavy atom. The summed E-state index contributed by atoms with van der Waals surface area (Å²) in [7, 11) is 0. The Morgan fingerprint density at radius 1 is 1.21 bits per heavy atom. The molecule has 29 heavy (non-hydrogen) atoms. The van der Waals surface area contributed by atoms with Gasteiger partial charge in [-0.2, -0.15) is 0 Å². The molecule has 2 aliphatic rings. The predicted molar refractivity (Wildman–Crippen MR) is 115 cm³/mol. The first kappa shape index (κ1) is 19.4. The van der Waals surface area contributed by atoms with Crippen LogP contribution in [0.15, 0.2) is 54.3 Å². The molecule has 1 N–H and O–H groups in total. The largest absolute Gasteiger partial charge is 0.335 e. The lowest BCUT2D eigenvalue weighted by Gasteiger charge is -2.25. The van der Waals surface area contributed by atoms with Crippen LogP contribution in [-0.4, -0.2) is 34.8 Å². The number of fused-ring (bicyclic) bond motifs is 1. The first-order valence-corrected chi connectivity index (χ1v) is 10.1. The highest BCUT2D eigenvalue weighted by molar-refractivity contribution is 6.30. The van der Waals surface area contributed by atoms with Crippen LogP contribution in [0.3, 0.4) is 0 Å². The van der Waals surface area contributed by atoms with Gasteiger partial charge >= 0.3 is 0 Å². The van der Waals surface area contributed by atoms with Crippen LogP contribution in [0.25, 0.3) is 6.08 Å². The molecule has 3 heterocycles. The second kappa shape index (κ2) is 8.62. The van der Waals surface area contributed by atoms with E-state index in [0.717, 1.165) is 35.5 Å². The second-order valence-corrected chi connectivity index (χ2v) is 7.79. The van der Waals surface area contributed by atoms with Crippen molar-refractivity contribution < 1.29 is 9.59 Å². The van der Waals surface area contributed by atoms with E-state index >= 15 is 0 Å². The zero-order valence-corrected chi connectivity index (χ0v) is 16.8. The van der Waals surface area contributed by atoms with Crippen molar-refractivity contribution in [1.29, 1.82) is 0 Å². The van der Waals surface area contributed by atoms with Crippen LogP contribution in [0.1, 0.15) is 29.5 Å². The number of amides is 2. The van der Waals surface area contributed by atoms with Gasteiger partial charge in [0, 0.05) is 36.8 Å². The number of hydrogen-bond acceptors (Lipinski definition) is 3. The normalized spacial score (nSPS) is 16.4. The Labute approximate surface area is 175 Å². The topological polar surface area (TPSA) is 62.3 Å². The standard InChI is InChI=1S/C23H22ClN3O2/c24-20-5-1-16(2-6-20)13-17-9-11-27(12-10-17)22(29)8-3-18-14-19-4-7-21(28)26-23(19)25-15-18/h1-3,5-6,8-9,14-15H,4,7,10-13H2,(H,25,26,28)/b8-3+. The number of pyridine rings is 1. The lowest BCUT2D eigenvalue weighted by Crippen LogP contribution is -2.33. The lowest BCUT2D eigenvalue weighted by atomic mass is 9.99. The molecule has 0 unspecified atom stereocenters. The molecule has 2 aliphatic heterocycles. The van der Waals surface area contributed by atoms with E-state index in [9.17, 15) is 9.59 Å². The van der Waals surface area contributed by atoms with Gasteiger partial charge < -0.3 is 10.2 Å². The van der Waals surface area contributed by atoms with E-state index in [2.05, 4.69) is 16.4 Å². The molecule has 0 atom stereocenters. The quantitative estimate of drug-likeness (QED) is 0.614. The third kappa shape index (κ3) is 4.93. The molecule has 0 radical (unpaired) electrons. The summed E-state index contributed by atoms with van der Waals surface area (Å²) in [4.78, 5) is 30.1. The molecule has 4 rings (SSSR count). The maximum Gasteiger partial charge on any atom is 0.246 e. The van der Waals surface area contributed by atoms with Crippen molar-refractivity contribution in [3.8, 4) is 0 Å². The monoisotopic (exact) mass is 407 g/mol. The molecule has 6 heteroatoms. The SMILES string of the molecule is O=C1CCc2cc(/C=C/C(=O)N3CC=C(Cc4ccc(Cl)cc4)CC3)cnc2N1. The van der Waals surface area contributed by atoms with Crippen LogP contribution < -0.4 is 5.32 Å². The number of anilines is 1. The van der Waals surface area contributed by atoms with Gasteiger partial charge in [-0.25, -0.2) is 4.98 Å². The van der Waals surface area contributed by atoms with Gasteiger partial charge in [0.05, 0.1) is 0 Å². The molecule has 0 saturated carbocycles. The molecule has 2 aromatic rings. The van der Waals surface area contributed by atoms with E-state index < -0.39 is 0 Å². The van der Waals surface area contributed by atoms with E-state index in [1.165, 1.54) is 11.1 Å². The van der Waals surface area contributed by atoms with Crippen LogP contribution >= 0.6 is 11.6 Å². The molecule has 148 valence electrons. The zero-order valence-electron chi connectivity index (χ0n) is 16.0. The van der Waals surface area contributed by atoms with Crippen molar-refractivity contribution in [2.45, 2.75) is 25.7 Å². The minimum atomic E-state index is -0.00273. The highest BCUT2D eigenvalue weighted by Crippen LogP contribution is 2.22. The fraction of sp³-hybridized carbons (Fsp3) is 0.261. The van der Waals surface area contributed by atoms with Crippen molar-refractivity contribution in [1.82, 2.24) is 9.88 Å². The minimum absolute atomic E-state index is 0.00202. The number of nitrogens with zero attached hydrogens (tertiary/aromatic N) is 2. The predicted octanol–water partition coefficient (Wildman–Crippen LogP) is 4.03. The van der Waals surface area contributed by atoms with E-state index in [-0.39, 0.29) is 11.8 Å². The molecule has 0 fully saturated rings. The van der Waals surface area contributed by atoms with Gasteiger partial charge in [-0.1, -0.05) is 35.4 Å². The zero-order chi connectivity index (χ0) is 20.2. The van der Waals surface area contributed by atoms with Crippen LogP contribution in [0.5, 0.6) is 0 Å². The summed E-state index contributed by atoms with van der Waals surface area (Å²) >= 11 is 5.94. The number of aromatic nitrogens is 1. The number of benzene rings is 1. The van der Waals surface area contributed by atoms with Crippen molar-refractivity contribution >= 4 is 35.3 Å². The van der Waals surface area contributed by atoms with Crippen molar-refractivity contribution in [2.24, 2.45) is 0 Å². The molecule has 5 nitrogen and oxygen atoms in total. The Morgan fingerprint density at radius 2 is 2.03 bits per heavy atom. The second-order valence-electron chi connectivity index (χ2n) is 7.36. The van der Waals surface area contributed by atoms with Crippen molar-refractivity contribution in [3.63, 3.8) is 0 Å².